The molecular weight excluding hydrogens is 268 g/mol. The molecule has 0 saturated carbocycles. The minimum atomic E-state index is -0.559. The zero-order valence-electron chi connectivity index (χ0n) is 22.4. The minimum absolute atomic E-state index is 0.0246. The van der Waals surface area contributed by atoms with Gasteiger partial charge in [0.2, 0.25) is 0 Å². The molecule has 0 fully saturated rings. The molecule has 0 radical (unpaired) electrons. The maximum Gasteiger partial charge on any atom is 0.136 e. The van der Waals surface area contributed by atoms with Crippen LogP contribution in [0.1, 0.15) is 20.6 Å². The molecule has 0 unspecified atom stereocenters. The highest BCUT2D eigenvalue weighted by Gasteiger charge is 2.14. The highest BCUT2D eigenvalue weighted by molar-refractivity contribution is 6.26. The van der Waals surface area contributed by atoms with E-state index in [1.54, 1.807) is 0 Å². The number of fused-ring (bicyclic) bond motifs is 7. The summed E-state index contributed by atoms with van der Waals surface area (Å²) in [4.78, 5) is 0. The van der Waals surface area contributed by atoms with Crippen LogP contribution in [0.15, 0.2) is 70.9 Å². The second-order valence-electron chi connectivity index (χ2n) is 5.01. The van der Waals surface area contributed by atoms with Gasteiger partial charge in [0.1, 0.15) is 11.2 Å². The van der Waals surface area contributed by atoms with E-state index in [4.69, 9.17) is 19.5 Å². The quantitative estimate of drug-likeness (QED) is 0.331. The summed E-state index contributed by atoms with van der Waals surface area (Å²) in [6, 6.07) is -4.85. The second kappa shape index (κ2) is 4.11. The van der Waals surface area contributed by atoms with Gasteiger partial charge in [-0.1, -0.05) is 54.4 Å². The van der Waals surface area contributed by atoms with E-state index < -0.39 is 54.4 Å². The zero-order chi connectivity index (χ0) is 24.3. The Morgan fingerprint density at radius 3 is 2.27 bits per heavy atom. The summed E-state index contributed by atoms with van der Waals surface area (Å²) >= 11 is 0. The van der Waals surface area contributed by atoms with Gasteiger partial charge in [-0.05, 0) is 46.1 Å². The molecule has 0 amide bonds. The van der Waals surface area contributed by atoms with Crippen LogP contribution >= 0.6 is 0 Å². The first-order valence-electron chi connectivity index (χ1n) is 12.2. The fraction of sp³-hybridized carbons (Fsp3) is 0.0476. The summed E-state index contributed by atoms with van der Waals surface area (Å²) in [7, 11) is 0. The van der Waals surface area contributed by atoms with Gasteiger partial charge in [-0.15, -0.1) is 0 Å². The maximum atomic E-state index is 8.59. The van der Waals surface area contributed by atoms with E-state index in [-0.39, 0.29) is 61.1 Å². The summed E-state index contributed by atoms with van der Waals surface area (Å²) in [6.07, 6.45) is 0. The molecule has 0 bridgehead atoms. The summed E-state index contributed by atoms with van der Waals surface area (Å²) < 4.78 is 97.2. The number of benzene rings is 4. The van der Waals surface area contributed by atoms with Crippen LogP contribution in [0.25, 0.3) is 43.5 Å². The van der Waals surface area contributed by atoms with E-state index in [9.17, 15) is 0 Å². The van der Waals surface area contributed by atoms with E-state index in [0.717, 1.165) is 0 Å². The van der Waals surface area contributed by atoms with Crippen LogP contribution in [-0.2, 0) is 0 Å². The van der Waals surface area contributed by atoms with E-state index in [0.29, 0.717) is 0 Å². The SMILES string of the molecule is [2H]c1c([2H])c([2H])c2c(c1[2H])c([2H])c([2H])c1oc3c([2H])c(C)c4c([2H])c([2H])c([2H])c([2H])c4c3c12. The van der Waals surface area contributed by atoms with Gasteiger partial charge in [-0.3, -0.25) is 0 Å². The van der Waals surface area contributed by atoms with Crippen molar-refractivity contribution in [2.24, 2.45) is 0 Å². The van der Waals surface area contributed by atoms with Gasteiger partial charge >= 0.3 is 0 Å². The van der Waals surface area contributed by atoms with Crippen molar-refractivity contribution < 1.29 is 19.5 Å². The summed E-state index contributed by atoms with van der Waals surface area (Å²) in [6.45, 7) is 1.53. The van der Waals surface area contributed by atoms with Crippen LogP contribution in [0, 0.1) is 6.92 Å². The predicted molar refractivity (Wildman–Crippen MR) is 93.5 cm³/mol. The number of hydrogen-bond acceptors (Lipinski definition) is 1. The molecule has 1 heterocycles. The highest BCUT2D eigenvalue weighted by atomic mass is 16.3. The van der Waals surface area contributed by atoms with E-state index in [1.165, 1.54) is 6.92 Å². The molecule has 1 nitrogen and oxygen atoms in total. The lowest BCUT2D eigenvalue weighted by atomic mass is 9.97. The van der Waals surface area contributed by atoms with Crippen LogP contribution in [0.5, 0.6) is 0 Å². The van der Waals surface area contributed by atoms with Crippen molar-refractivity contribution in [3.05, 3.63) is 72.0 Å². The Hall–Kier alpha value is -2.80. The highest BCUT2D eigenvalue weighted by Crippen LogP contribution is 2.39. The lowest BCUT2D eigenvalue weighted by Crippen LogP contribution is -1.80. The van der Waals surface area contributed by atoms with Crippen molar-refractivity contribution in [3.8, 4) is 0 Å². The van der Waals surface area contributed by atoms with Crippen molar-refractivity contribution in [1.82, 2.24) is 0 Å². The van der Waals surface area contributed by atoms with E-state index in [2.05, 4.69) is 0 Å². The van der Waals surface area contributed by atoms with Gasteiger partial charge in [0.05, 0.1) is 15.1 Å². The first kappa shape index (κ1) is 5.44. The summed E-state index contributed by atoms with van der Waals surface area (Å²) in [5, 5.41) is -0.0663. The third-order valence-electron chi connectivity index (χ3n) is 3.76. The van der Waals surface area contributed by atoms with Crippen molar-refractivity contribution in [2.75, 3.05) is 0 Å². The Balaban J connectivity index is 2.31. The third-order valence-corrected chi connectivity index (χ3v) is 3.76. The number of hydrogen-bond donors (Lipinski definition) is 0. The first-order chi connectivity index (χ1) is 15.4. The average Bonchev–Trinajstić information content (AvgIpc) is 3.18. The zero-order valence-corrected chi connectivity index (χ0v) is 11.4. The average molecular weight is 293 g/mol. The summed E-state index contributed by atoms with van der Waals surface area (Å²) in [5.41, 5.74) is -0.0134. The molecule has 0 N–H and O–H groups in total. The molecule has 104 valence electrons. The monoisotopic (exact) mass is 293 g/mol. The molecule has 5 rings (SSSR count). The van der Waals surface area contributed by atoms with Crippen LogP contribution in [0.2, 0.25) is 0 Å². The van der Waals surface area contributed by atoms with Crippen LogP contribution < -0.4 is 0 Å². The first-order valence-corrected chi connectivity index (χ1v) is 6.66. The molecule has 22 heavy (non-hydrogen) atoms. The molecule has 0 aliphatic heterocycles. The smallest absolute Gasteiger partial charge is 0.136 e. The largest absolute Gasteiger partial charge is 0.456 e. The molecule has 0 atom stereocenters. The normalized spacial score (nSPS) is 18.9. The van der Waals surface area contributed by atoms with Gasteiger partial charge in [0, 0.05) is 10.8 Å². The third kappa shape index (κ3) is 1.43. The van der Waals surface area contributed by atoms with Crippen LogP contribution in [-0.4, -0.2) is 0 Å². The standard InChI is InChI=1S/C21H14O/c1-13-12-19-21(17-9-5-4-7-15(13)17)20-16-8-3-2-6-14(16)10-11-18(20)22-19/h2-12H,1H3/i2D,3D,4D,5D,6D,7D,8D,9D,10D,11D,12D. The predicted octanol–water partition coefficient (Wildman–Crippen LogP) is 6.20. The minimum Gasteiger partial charge on any atom is -0.456 e. The van der Waals surface area contributed by atoms with Crippen molar-refractivity contribution >= 4 is 43.5 Å². The molecule has 0 spiro atoms. The molecular formula is C21H14O. The van der Waals surface area contributed by atoms with E-state index >= 15 is 0 Å². The second-order valence-corrected chi connectivity index (χ2v) is 5.01. The molecule has 1 aromatic heterocycles. The Kier molecular flexibility index (Phi) is 1.02. The lowest BCUT2D eigenvalue weighted by Gasteiger charge is -2.04. The Bertz CT molecular complexity index is 1610. The molecule has 0 saturated heterocycles. The van der Waals surface area contributed by atoms with Crippen LogP contribution in [0.4, 0.5) is 0 Å². The number of rotatable bonds is 0. The van der Waals surface area contributed by atoms with Gasteiger partial charge in [-0.25, -0.2) is 0 Å². The molecule has 1 heteroatoms. The van der Waals surface area contributed by atoms with Gasteiger partial charge in [-0.2, -0.15) is 0 Å². The fourth-order valence-corrected chi connectivity index (χ4v) is 2.81. The molecule has 4 aromatic carbocycles. The Morgan fingerprint density at radius 1 is 0.727 bits per heavy atom. The van der Waals surface area contributed by atoms with Crippen LogP contribution in [0.3, 0.4) is 0 Å². The Labute approximate surface area is 143 Å². The number of aryl methyl sites for hydroxylation is 1. The van der Waals surface area contributed by atoms with Crippen molar-refractivity contribution in [1.29, 1.82) is 0 Å². The van der Waals surface area contributed by atoms with Crippen molar-refractivity contribution in [3.63, 3.8) is 0 Å². The molecule has 5 aromatic rings. The summed E-state index contributed by atoms with van der Waals surface area (Å²) in [5.74, 6) is 0. The molecule has 0 aliphatic carbocycles. The Morgan fingerprint density at radius 2 is 1.41 bits per heavy atom. The van der Waals surface area contributed by atoms with E-state index in [1.807, 2.05) is 0 Å². The topological polar surface area (TPSA) is 13.1 Å². The van der Waals surface area contributed by atoms with Gasteiger partial charge < -0.3 is 4.42 Å². The van der Waals surface area contributed by atoms with Crippen molar-refractivity contribution in [2.45, 2.75) is 6.92 Å². The van der Waals surface area contributed by atoms with Gasteiger partial charge in [0.25, 0.3) is 0 Å². The number of furan rings is 1. The maximum absolute atomic E-state index is 8.59. The van der Waals surface area contributed by atoms with Gasteiger partial charge in [0.15, 0.2) is 0 Å². The fourth-order valence-electron chi connectivity index (χ4n) is 2.81. The molecule has 0 aliphatic rings. The lowest BCUT2D eigenvalue weighted by molar-refractivity contribution is 0.669.